The van der Waals surface area contributed by atoms with Crippen LogP contribution in [-0.4, -0.2) is 106 Å². The second-order valence-electron chi connectivity index (χ2n) is 18.1. The first-order chi connectivity index (χ1) is 30.6. The second kappa shape index (κ2) is 16.5. The summed E-state index contributed by atoms with van der Waals surface area (Å²) in [4.78, 5) is 74.2. The number of rotatable bonds is 9. The zero-order chi connectivity index (χ0) is 43.5. The number of H-pyrrole nitrogens is 2. The number of methoxy groups -OCH3 is 2. The average Bonchev–Trinajstić information content (AvgIpc) is 4.17. The maximum Gasteiger partial charge on any atom is 0.407 e. The van der Waals surface area contributed by atoms with Gasteiger partial charge >= 0.3 is 12.2 Å². The fourth-order valence-electron chi connectivity index (χ4n) is 10.9. The van der Waals surface area contributed by atoms with Crippen molar-refractivity contribution in [3.8, 4) is 11.1 Å². The molecule has 1 saturated carbocycles. The summed E-state index contributed by atoms with van der Waals surface area (Å²) in [5.74, 6) is 1.47. The largest absolute Gasteiger partial charge is 0.453 e. The Kier molecular flexibility index (Phi) is 10.7. The minimum atomic E-state index is -0.694. The summed E-state index contributed by atoms with van der Waals surface area (Å²) in [6, 6.07) is 19.5. The summed E-state index contributed by atoms with van der Waals surface area (Å²) >= 11 is 0. The van der Waals surface area contributed by atoms with Crippen molar-refractivity contribution >= 4 is 67.6 Å². The third kappa shape index (κ3) is 7.29. The summed E-state index contributed by atoms with van der Waals surface area (Å²) < 4.78 is 15.3. The highest BCUT2D eigenvalue weighted by atomic mass is 16.5. The van der Waals surface area contributed by atoms with Gasteiger partial charge in [0.05, 0.1) is 48.4 Å². The Balaban J connectivity index is 0.912. The SMILES string of the molecule is COC(=O)N[C@H](C(=O)N1[C@H]2CC[C@H](C2)[C@H]1c1nc2c(ccc3cc(-c4ccc5c(ccc6[nH]c([C@@H]7CCCN7C(=O)[C@@H](NC(=O)OC)C7CCOCC7)nc65)c4)ccc32)[nH]1)C(C)C. The van der Waals surface area contributed by atoms with Gasteiger partial charge in [-0.2, -0.15) is 0 Å². The van der Waals surface area contributed by atoms with Crippen LogP contribution < -0.4 is 10.6 Å². The molecule has 4 N–H and O–H groups in total. The van der Waals surface area contributed by atoms with Crippen molar-refractivity contribution in [2.24, 2.45) is 17.8 Å². The van der Waals surface area contributed by atoms with Crippen molar-refractivity contribution < 1.29 is 33.4 Å². The maximum atomic E-state index is 14.2. The third-order valence-electron chi connectivity index (χ3n) is 14.1. The molecule has 10 rings (SSSR count). The van der Waals surface area contributed by atoms with Gasteiger partial charge < -0.3 is 44.6 Å². The summed E-state index contributed by atoms with van der Waals surface area (Å²) in [5, 5.41) is 9.77. The average molecular weight is 855 g/mol. The van der Waals surface area contributed by atoms with Crippen LogP contribution in [-0.2, 0) is 23.8 Å². The van der Waals surface area contributed by atoms with E-state index in [-0.39, 0.29) is 41.8 Å². The predicted molar refractivity (Wildman–Crippen MR) is 238 cm³/mol. The first-order valence-corrected chi connectivity index (χ1v) is 22.3. The number of likely N-dealkylation sites (tertiary alicyclic amines) is 2. The molecule has 5 heterocycles. The number of hydrogen-bond acceptors (Lipinski definition) is 9. The number of piperidine rings is 1. The van der Waals surface area contributed by atoms with E-state index in [1.807, 2.05) is 23.6 Å². The lowest BCUT2D eigenvalue weighted by atomic mass is 9.90. The van der Waals surface area contributed by atoms with E-state index in [0.29, 0.717) is 38.5 Å². The van der Waals surface area contributed by atoms with Crippen LogP contribution in [0.3, 0.4) is 0 Å². The monoisotopic (exact) mass is 854 g/mol. The molecule has 3 aliphatic heterocycles. The van der Waals surface area contributed by atoms with Crippen molar-refractivity contribution in [3.05, 3.63) is 72.3 Å². The number of imidazole rings is 2. The fourth-order valence-corrected chi connectivity index (χ4v) is 10.9. The van der Waals surface area contributed by atoms with E-state index in [4.69, 9.17) is 24.2 Å². The quantitative estimate of drug-likeness (QED) is 0.113. The van der Waals surface area contributed by atoms with Crippen molar-refractivity contribution in [2.75, 3.05) is 34.0 Å². The number of benzene rings is 4. The molecule has 4 amide bonds. The highest BCUT2D eigenvalue weighted by molar-refractivity contribution is 6.07. The van der Waals surface area contributed by atoms with Crippen LogP contribution in [0, 0.1) is 17.8 Å². The Morgan fingerprint density at radius 2 is 1.37 bits per heavy atom. The van der Waals surface area contributed by atoms with Gasteiger partial charge in [-0.3, -0.25) is 9.59 Å². The predicted octanol–water partition coefficient (Wildman–Crippen LogP) is 7.66. The molecule has 0 radical (unpaired) electrons. The highest BCUT2D eigenvalue weighted by Gasteiger charge is 2.51. The summed E-state index contributed by atoms with van der Waals surface area (Å²) in [7, 11) is 2.63. The van der Waals surface area contributed by atoms with Crippen molar-refractivity contribution in [1.82, 2.24) is 40.4 Å². The molecule has 15 heteroatoms. The number of carbonyl (C=O) groups is 4. The first kappa shape index (κ1) is 40.8. The maximum absolute atomic E-state index is 14.2. The van der Waals surface area contributed by atoms with Gasteiger partial charge in [0.15, 0.2) is 0 Å². The number of amides is 4. The molecule has 2 aromatic heterocycles. The lowest BCUT2D eigenvalue weighted by Crippen LogP contribution is -2.54. The molecule has 63 heavy (non-hydrogen) atoms. The van der Waals surface area contributed by atoms with Gasteiger partial charge in [0, 0.05) is 36.6 Å². The minimum Gasteiger partial charge on any atom is -0.453 e. The Hall–Kier alpha value is -6.22. The highest BCUT2D eigenvalue weighted by Crippen LogP contribution is 2.50. The summed E-state index contributed by atoms with van der Waals surface area (Å²) in [5.41, 5.74) is 5.69. The van der Waals surface area contributed by atoms with E-state index in [9.17, 15) is 19.2 Å². The van der Waals surface area contributed by atoms with Crippen molar-refractivity contribution in [1.29, 1.82) is 0 Å². The molecule has 3 saturated heterocycles. The molecule has 6 atom stereocenters. The zero-order valence-corrected chi connectivity index (χ0v) is 36.1. The molecular weight excluding hydrogens is 801 g/mol. The van der Waals surface area contributed by atoms with Crippen LogP contribution in [0.15, 0.2) is 60.7 Å². The number of ether oxygens (including phenoxy) is 3. The molecule has 4 aromatic carbocycles. The van der Waals surface area contributed by atoms with Crippen LogP contribution in [0.1, 0.15) is 82.5 Å². The van der Waals surface area contributed by atoms with Crippen molar-refractivity contribution in [2.45, 2.75) is 89.0 Å². The number of nitrogens with one attached hydrogen (secondary N) is 4. The molecular formula is C48H54N8O7. The fraction of sp³-hybridized carbons (Fsp3) is 0.458. The topological polar surface area (TPSA) is 184 Å². The Morgan fingerprint density at radius 3 is 2.00 bits per heavy atom. The van der Waals surface area contributed by atoms with Gasteiger partial charge in [0.1, 0.15) is 23.7 Å². The van der Waals surface area contributed by atoms with E-state index < -0.39 is 24.3 Å². The van der Waals surface area contributed by atoms with Crippen LogP contribution in [0.4, 0.5) is 9.59 Å². The number of aromatic nitrogens is 4. The molecule has 4 aliphatic rings. The van der Waals surface area contributed by atoms with Crippen LogP contribution in [0.25, 0.3) is 54.7 Å². The summed E-state index contributed by atoms with van der Waals surface area (Å²) in [6.07, 6.45) is 4.68. The molecule has 0 unspecified atom stereocenters. The molecule has 0 spiro atoms. The first-order valence-electron chi connectivity index (χ1n) is 22.3. The smallest absolute Gasteiger partial charge is 0.407 e. The summed E-state index contributed by atoms with van der Waals surface area (Å²) in [6.45, 7) is 5.57. The van der Waals surface area contributed by atoms with Crippen LogP contribution >= 0.6 is 0 Å². The number of alkyl carbamates (subject to hydrolysis) is 2. The van der Waals surface area contributed by atoms with Gasteiger partial charge in [-0.15, -0.1) is 0 Å². The molecule has 2 bridgehead atoms. The van der Waals surface area contributed by atoms with Crippen molar-refractivity contribution in [3.63, 3.8) is 0 Å². The van der Waals surface area contributed by atoms with E-state index in [1.165, 1.54) is 14.2 Å². The van der Waals surface area contributed by atoms with Crippen LogP contribution in [0.2, 0.25) is 0 Å². The number of nitrogens with zero attached hydrogens (tertiary/aromatic N) is 4. The lowest BCUT2D eigenvalue weighted by molar-refractivity contribution is -0.139. The Labute approximate surface area is 364 Å². The minimum absolute atomic E-state index is 0.0354. The Morgan fingerprint density at radius 1 is 0.746 bits per heavy atom. The standard InChI is InChI=1S/C48H54N8O7/c1-25(2)38(53-47(59)61-3)46(58)56-32-12-7-31(24-32)42(56)44-50-36-16-11-30-23-28(9-14-34(30)41(36)52-44)27-8-13-33-29(22-27)10-15-35-40(33)51-43(49-35)37-6-5-19-55(37)45(57)39(54-48(60)62-4)26-17-20-63-21-18-26/h8-11,13-16,22-23,25-26,31-32,37-39,42H,5-7,12,17-21,24H2,1-4H3,(H,49,51)(H,50,52)(H,53,59)(H,54,60)/t31-,32+,37+,38+,39+,42+/m1/s1. The normalized spacial score (nSPS) is 22.4. The van der Waals surface area contributed by atoms with E-state index >= 15 is 0 Å². The molecule has 6 aromatic rings. The molecule has 4 fully saturated rings. The molecule has 328 valence electrons. The Bertz CT molecular complexity index is 2760. The van der Waals surface area contributed by atoms with Gasteiger partial charge in [0.2, 0.25) is 11.8 Å². The van der Waals surface area contributed by atoms with E-state index in [2.05, 4.69) is 81.3 Å². The van der Waals surface area contributed by atoms with Gasteiger partial charge in [0.25, 0.3) is 0 Å². The van der Waals surface area contributed by atoms with Gasteiger partial charge in [-0.05, 0) is 109 Å². The van der Waals surface area contributed by atoms with Gasteiger partial charge in [-0.25, -0.2) is 19.6 Å². The van der Waals surface area contributed by atoms with E-state index in [1.54, 1.807) is 0 Å². The number of hydrogen-bond donors (Lipinski definition) is 4. The molecule has 15 nitrogen and oxygen atoms in total. The van der Waals surface area contributed by atoms with E-state index in [0.717, 1.165) is 98.5 Å². The zero-order valence-electron chi connectivity index (χ0n) is 36.1. The number of aromatic amines is 2. The molecule has 1 aliphatic carbocycles. The number of fused-ring (bicyclic) bond motifs is 8. The second-order valence-corrected chi connectivity index (χ2v) is 18.1. The number of carbonyl (C=O) groups excluding carboxylic acids is 4. The van der Waals surface area contributed by atoms with Gasteiger partial charge in [-0.1, -0.05) is 50.2 Å². The lowest BCUT2D eigenvalue weighted by Gasteiger charge is -2.37. The third-order valence-corrected chi connectivity index (χ3v) is 14.1. The van der Waals surface area contributed by atoms with Crippen LogP contribution in [0.5, 0.6) is 0 Å².